The molecule has 2 aromatic heterocycles. The number of nitrogen functional groups attached to an aromatic ring is 1. The van der Waals surface area contributed by atoms with Gasteiger partial charge < -0.3 is 25.1 Å². The Morgan fingerprint density at radius 2 is 1.95 bits per heavy atom. The number of aromatic nitrogens is 1. The molecule has 7 nitrogen and oxygen atoms in total. The second kappa shape index (κ2) is 11.2. The molecule has 1 saturated heterocycles. The summed E-state index contributed by atoms with van der Waals surface area (Å²) >= 11 is 12.4. The predicted octanol–water partition coefficient (Wildman–Crippen LogP) is 6.49. The van der Waals surface area contributed by atoms with Gasteiger partial charge in [0.2, 0.25) is 5.75 Å². The molecule has 0 bridgehead atoms. The van der Waals surface area contributed by atoms with Gasteiger partial charge in [-0.2, -0.15) is 0 Å². The van der Waals surface area contributed by atoms with Crippen LogP contribution < -0.4 is 15.8 Å². The number of hydrogen-bond donors (Lipinski definition) is 2. The Bertz CT molecular complexity index is 1470. The Kier molecular flexibility index (Phi) is 7.74. The largest absolute Gasteiger partial charge is 0.478 e. The Labute approximate surface area is 229 Å². The lowest BCUT2D eigenvalue weighted by Gasteiger charge is -2.18. The van der Waals surface area contributed by atoms with E-state index in [9.17, 15) is 9.18 Å². The van der Waals surface area contributed by atoms with Gasteiger partial charge in [0, 0.05) is 41.0 Å². The number of nitrogens with zero attached hydrogens (tertiary/aromatic N) is 2. The summed E-state index contributed by atoms with van der Waals surface area (Å²) in [5.74, 6) is -0.405. The predicted molar refractivity (Wildman–Crippen MR) is 147 cm³/mol. The van der Waals surface area contributed by atoms with Gasteiger partial charge in [0.05, 0.1) is 16.7 Å². The van der Waals surface area contributed by atoms with Crippen LogP contribution >= 0.6 is 23.2 Å². The number of carbonyl (C=O) groups excluding carboxylic acids is 1. The third-order valence-corrected chi connectivity index (χ3v) is 7.47. The molecule has 0 spiro atoms. The monoisotopic (exact) mass is 556 g/mol. The fourth-order valence-electron chi connectivity index (χ4n) is 4.71. The summed E-state index contributed by atoms with van der Waals surface area (Å²) in [4.78, 5) is 19.2. The third kappa shape index (κ3) is 5.29. The number of halogens is 3. The van der Waals surface area contributed by atoms with Crippen LogP contribution in [-0.4, -0.2) is 42.0 Å². The second-order valence-electron chi connectivity index (χ2n) is 9.26. The zero-order valence-electron chi connectivity index (χ0n) is 20.8. The van der Waals surface area contributed by atoms with Crippen molar-refractivity contribution in [3.8, 4) is 16.9 Å². The zero-order valence-corrected chi connectivity index (χ0v) is 22.3. The quantitative estimate of drug-likeness (QED) is 0.241. The van der Waals surface area contributed by atoms with Gasteiger partial charge in [0.25, 0.3) is 5.91 Å². The highest BCUT2D eigenvalue weighted by atomic mass is 35.5. The maximum atomic E-state index is 14.1. The van der Waals surface area contributed by atoms with Crippen molar-refractivity contribution in [2.75, 3.05) is 31.9 Å². The van der Waals surface area contributed by atoms with E-state index in [1.807, 2.05) is 12.1 Å². The number of benzene rings is 2. The first-order valence-electron chi connectivity index (χ1n) is 12.4. The van der Waals surface area contributed by atoms with Crippen molar-refractivity contribution < 1.29 is 18.3 Å². The minimum Gasteiger partial charge on any atom is -0.478 e. The number of furan rings is 1. The average Bonchev–Trinajstić information content (AvgIpc) is 3.58. The van der Waals surface area contributed by atoms with Crippen molar-refractivity contribution in [1.82, 2.24) is 15.2 Å². The van der Waals surface area contributed by atoms with E-state index in [1.165, 1.54) is 25.0 Å². The molecule has 0 radical (unpaired) electrons. The van der Waals surface area contributed by atoms with Crippen LogP contribution in [-0.2, 0) is 0 Å². The van der Waals surface area contributed by atoms with Gasteiger partial charge in [-0.1, -0.05) is 35.3 Å². The number of pyridine rings is 1. The highest BCUT2D eigenvalue weighted by molar-refractivity contribution is 6.36. The molecule has 1 fully saturated rings. The molecule has 198 valence electrons. The number of rotatable bonds is 8. The first-order chi connectivity index (χ1) is 18.3. The molecule has 10 heteroatoms. The standard InChI is InChI=1S/C28H27Cl2FN4O3/c1-16(23-21(29)8-9-22(31)24(23)30)38-26-25-19(14-34-27(26)32)20(15-37-25)17-4-6-18(7-5-17)28(36)33-10-13-35-11-2-3-12-35/h4-9,14-16H,2-3,10-13H2,1H3,(H2,32,34)(H,33,36). The van der Waals surface area contributed by atoms with Crippen LogP contribution in [0.25, 0.3) is 22.1 Å². The van der Waals surface area contributed by atoms with Gasteiger partial charge in [-0.3, -0.25) is 4.79 Å². The Hall–Kier alpha value is -3.33. The molecule has 1 aliphatic heterocycles. The maximum Gasteiger partial charge on any atom is 0.251 e. The van der Waals surface area contributed by atoms with Crippen molar-refractivity contribution in [2.24, 2.45) is 0 Å². The summed E-state index contributed by atoms with van der Waals surface area (Å²) in [7, 11) is 0. The summed E-state index contributed by atoms with van der Waals surface area (Å²) in [5, 5.41) is 3.80. The minimum atomic E-state index is -0.739. The van der Waals surface area contributed by atoms with E-state index in [-0.39, 0.29) is 27.5 Å². The van der Waals surface area contributed by atoms with Gasteiger partial charge in [-0.05, 0) is 62.7 Å². The molecule has 3 heterocycles. The van der Waals surface area contributed by atoms with Crippen LogP contribution in [0.2, 0.25) is 10.0 Å². The summed E-state index contributed by atoms with van der Waals surface area (Å²) < 4.78 is 26.0. The van der Waals surface area contributed by atoms with E-state index in [0.29, 0.717) is 28.6 Å². The van der Waals surface area contributed by atoms with E-state index < -0.39 is 11.9 Å². The summed E-state index contributed by atoms with van der Waals surface area (Å²) in [6, 6.07) is 9.87. The van der Waals surface area contributed by atoms with Gasteiger partial charge in [0.1, 0.15) is 11.9 Å². The molecular formula is C28H27Cl2FN4O3. The number of hydrogen-bond acceptors (Lipinski definition) is 6. The highest BCUT2D eigenvalue weighted by Gasteiger charge is 2.23. The molecule has 0 saturated carbocycles. The normalized spacial score (nSPS) is 14.6. The average molecular weight is 557 g/mol. The van der Waals surface area contributed by atoms with Gasteiger partial charge in [-0.15, -0.1) is 0 Å². The lowest BCUT2D eigenvalue weighted by atomic mass is 10.0. The van der Waals surface area contributed by atoms with E-state index in [0.717, 1.165) is 30.8 Å². The fourth-order valence-corrected chi connectivity index (χ4v) is 5.38. The van der Waals surface area contributed by atoms with Gasteiger partial charge in [0.15, 0.2) is 11.4 Å². The second-order valence-corrected chi connectivity index (χ2v) is 10.0. The molecule has 5 rings (SSSR count). The molecule has 3 N–H and O–H groups in total. The van der Waals surface area contributed by atoms with Crippen LogP contribution in [0, 0.1) is 5.82 Å². The SMILES string of the molecule is CC(Oc1c(N)ncc2c(-c3ccc(C(=O)NCCN4CCCC4)cc3)coc12)c1c(Cl)ccc(F)c1Cl. The zero-order chi connectivity index (χ0) is 26.8. The molecule has 38 heavy (non-hydrogen) atoms. The van der Waals surface area contributed by atoms with Crippen LogP contribution in [0.5, 0.6) is 5.75 Å². The van der Waals surface area contributed by atoms with Crippen LogP contribution in [0.1, 0.15) is 41.8 Å². The number of likely N-dealkylation sites (tertiary alicyclic amines) is 1. The topological polar surface area (TPSA) is 93.6 Å². The van der Waals surface area contributed by atoms with Crippen LogP contribution in [0.4, 0.5) is 10.2 Å². The number of carbonyl (C=O) groups is 1. The molecule has 1 aliphatic rings. The molecule has 0 aliphatic carbocycles. The highest BCUT2D eigenvalue weighted by Crippen LogP contribution is 2.41. The first-order valence-corrected chi connectivity index (χ1v) is 13.2. The number of nitrogens with one attached hydrogen (secondary N) is 1. The smallest absolute Gasteiger partial charge is 0.251 e. The Morgan fingerprint density at radius 3 is 2.68 bits per heavy atom. The molecule has 1 unspecified atom stereocenters. The summed E-state index contributed by atoms with van der Waals surface area (Å²) in [5.41, 5.74) is 8.96. The molecule has 4 aromatic rings. The molecular weight excluding hydrogens is 530 g/mol. The maximum absolute atomic E-state index is 14.1. The third-order valence-electron chi connectivity index (χ3n) is 6.75. The summed E-state index contributed by atoms with van der Waals surface area (Å²) in [6.45, 7) is 5.36. The van der Waals surface area contributed by atoms with E-state index in [1.54, 1.807) is 31.5 Å². The minimum absolute atomic E-state index is 0.106. The van der Waals surface area contributed by atoms with E-state index >= 15 is 0 Å². The number of amides is 1. The van der Waals surface area contributed by atoms with Crippen molar-refractivity contribution in [3.63, 3.8) is 0 Å². The number of anilines is 1. The Balaban J connectivity index is 1.35. The molecule has 2 aromatic carbocycles. The number of ether oxygens (including phenoxy) is 1. The van der Waals surface area contributed by atoms with Gasteiger partial charge >= 0.3 is 0 Å². The van der Waals surface area contributed by atoms with E-state index in [4.69, 9.17) is 38.1 Å². The van der Waals surface area contributed by atoms with Gasteiger partial charge in [-0.25, -0.2) is 9.37 Å². The summed E-state index contributed by atoms with van der Waals surface area (Å²) in [6.07, 6.45) is 4.89. The van der Waals surface area contributed by atoms with Crippen LogP contribution in [0.3, 0.4) is 0 Å². The van der Waals surface area contributed by atoms with Crippen molar-refractivity contribution in [1.29, 1.82) is 0 Å². The van der Waals surface area contributed by atoms with Crippen molar-refractivity contribution >= 4 is 45.9 Å². The number of fused-ring (bicyclic) bond motifs is 1. The lowest BCUT2D eigenvalue weighted by Crippen LogP contribution is -2.33. The lowest BCUT2D eigenvalue weighted by molar-refractivity contribution is 0.0949. The van der Waals surface area contributed by atoms with E-state index in [2.05, 4.69) is 15.2 Å². The van der Waals surface area contributed by atoms with Crippen molar-refractivity contribution in [2.45, 2.75) is 25.9 Å². The Morgan fingerprint density at radius 1 is 1.21 bits per heavy atom. The van der Waals surface area contributed by atoms with Crippen molar-refractivity contribution in [3.05, 3.63) is 75.8 Å². The molecule has 1 amide bonds. The fraction of sp³-hybridized carbons (Fsp3) is 0.286. The number of nitrogens with two attached hydrogens (primary N) is 1. The first kappa shape index (κ1) is 26.3. The van der Waals surface area contributed by atoms with Crippen LogP contribution in [0.15, 0.2) is 53.3 Å². The molecule has 1 atom stereocenters.